The molecule has 0 spiro atoms. The van der Waals surface area contributed by atoms with Gasteiger partial charge in [0.2, 0.25) is 0 Å². The summed E-state index contributed by atoms with van der Waals surface area (Å²) in [5.41, 5.74) is 7.34. The molecule has 0 unspecified atom stereocenters. The minimum Gasteiger partial charge on any atom is -0.309 e. The second-order valence-electron chi connectivity index (χ2n) is 11.3. The molecule has 3 heteroatoms. The lowest BCUT2D eigenvalue weighted by molar-refractivity contribution is 1.18. The molecule has 0 atom stereocenters. The van der Waals surface area contributed by atoms with Crippen molar-refractivity contribution in [1.29, 1.82) is 0 Å². The van der Waals surface area contributed by atoms with E-state index in [2.05, 4.69) is 155 Å². The van der Waals surface area contributed by atoms with Crippen molar-refractivity contribution in [2.75, 3.05) is 0 Å². The Hall–Kier alpha value is -5.38. The van der Waals surface area contributed by atoms with E-state index < -0.39 is 0 Å². The van der Waals surface area contributed by atoms with E-state index in [9.17, 15) is 0 Å². The first-order chi connectivity index (χ1) is 21.3. The van der Waals surface area contributed by atoms with E-state index in [1.807, 2.05) is 11.3 Å². The van der Waals surface area contributed by atoms with Gasteiger partial charge in [0.15, 0.2) is 0 Å². The standard InChI is InChI=1S/C40H24N2S/c1-2-10-25(11-3-1)41-35-15-7-4-12-27(35)31-20-23-34-33(39(31)41)22-21-32-28-13-5-8-16-36(28)42(40(32)34)26-18-19-30-29-14-6-9-17-37(29)43-38(30)24-26/h1-24H. The van der Waals surface area contributed by atoms with E-state index in [-0.39, 0.29) is 0 Å². The summed E-state index contributed by atoms with van der Waals surface area (Å²) in [7, 11) is 0. The van der Waals surface area contributed by atoms with Gasteiger partial charge in [-0.3, -0.25) is 0 Å². The summed E-state index contributed by atoms with van der Waals surface area (Å²) in [6, 6.07) is 53.4. The zero-order valence-corrected chi connectivity index (χ0v) is 24.0. The van der Waals surface area contributed by atoms with Crippen LogP contribution < -0.4 is 0 Å². The van der Waals surface area contributed by atoms with E-state index >= 15 is 0 Å². The van der Waals surface area contributed by atoms with Crippen LogP contribution in [0.2, 0.25) is 0 Å². The average Bonchev–Trinajstić information content (AvgIpc) is 3.72. The molecular weight excluding hydrogens is 541 g/mol. The number of nitrogens with zero attached hydrogens (tertiary/aromatic N) is 2. The molecule has 0 amide bonds. The Morgan fingerprint density at radius 3 is 1.44 bits per heavy atom. The summed E-state index contributed by atoms with van der Waals surface area (Å²) in [5, 5.41) is 10.3. The third-order valence-corrected chi connectivity index (χ3v) is 10.2. The maximum Gasteiger partial charge on any atom is 0.0620 e. The quantitative estimate of drug-likeness (QED) is 0.198. The molecule has 0 saturated carbocycles. The van der Waals surface area contributed by atoms with Crippen LogP contribution in [0.15, 0.2) is 146 Å². The number of fused-ring (bicyclic) bond motifs is 12. The molecule has 0 aliphatic carbocycles. The molecule has 0 aliphatic heterocycles. The largest absolute Gasteiger partial charge is 0.309 e. The third-order valence-electron chi connectivity index (χ3n) is 9.10. The van der Waals surface area contributed by atoms with Gasteiger partial charge in [0, 0.05) is 63.9 Å². The molecule has 10 aromatic rings. The molecule has 200 valence electrons. The first-order valence-corrected chi connectivity index (χ1v) is 15.5. The lowest BCUT2D eigenvalue weighted by atomic mass is 10.0. The van der Waals surface area contributed by atoms with Crippen LogP contribution in [0.25, 0.3) is 85.9 Å². The fraction of sp³-hybridized carbons (Fsp3) is 0. The number of hydrogen-bond acceptors (Lipinski definition) is 1. The minimum atomic E-state index is 1.18. The Balaban J connectivity index is 1.37. The highest BCUT2D eigenvalue weighted by Gasteiger charge is 2.20. The maximum absolute atomic E-state index is 2.48. The summed E-state index contributed by atoms with van der Waals surface area (Å²) in [4.78, 5) is 0. The molecule has 0 saturated heterocycles. The van der Waals surface area contributed by atoms with Crippen LogP contribution in [0.1, 0.15) is 0 Å². The Kier molecular flexibility index (Phi) is 4.63. The van der Waals surface area contributed by atoms with Gasteiger partial charge in [-0.25, -0.2) is 0 Å². The Morgan fingerprint density at radius 2 is 0.791 bits per heavy atom. The lowest BCUT2D eigenvalue weighted by Gasteiger charge is -2.13. The molecule has 7 aromatic carbocycles. The predicted octanol–water partition coefficient (Wildman–Crippen LogP) is 11.4. The molecule has 0 radical (unpaired) electrons. The van der Waals surface area contributed by atoms with Gasteiger partial charge in [0.05, 0.1) is 22.1 Å². The molecule has 10 rings (SSSR count). The van der Waals surface area contributed by atoms with Gasteiger partial charge in [-0.2, -0.15) is 0 Å². The summed E-state index contributed by atoms with van der Waals surface area (Å²) < 4.78 is 7.57. The molecule has 0 fully saturated rings. The van der Waals surface area contributed by atoms with Crippen LogP contribution in [0.5, 0.6) is 0 Å². The molecule has 2 nitrogen and oxygen atoms in total. The van der Waals surface area contributed by atoms with Gasteiger partial charge in [-0.15, -0.1) is 11.3 Å². The Morgan fingerprint density at radius 1 is 0.326 bits per heavy atom. The number of rotatable bonds is 2. The third kappa shape index (κ3) is 3.12. The molecule has 3 heterocycles. The van der Waals surface area contributed by atoms with Crippen LogP contribution in [-0.4, -0.2) is 9.13 Å². The van der Waals surface area contributed by atoms with Crippen molar-refractivity contribution in [3.63, 3.8) is 0 Å². The first-order valence-electron chi connectivity index (χ1n) is 14.7. The van der Waals surface area contributed by atoms with Gasteiger partial charge in [0.25, 0.3) is 0 Å². The first kappa shape index (κ1) is 23.2. The van der Waals surface area contributed by atoms with Crippen molar-refractivity contribution in [3.05, 3.63) is 146 Å². The Bertz CT molecular complexity index is 2720. The average molecular weight is 565 g/mol. The van der Waals surface area contributed by atoms with Crippen LogP contribution in [-0.2, 0) is 0 Å². The van der Waals surface area contributed by atoms with Gasteiger partial charge in [0.1, 0.15) is 0 Å². The molecule has 0 bridgehead atoms. The number of aromatic nitrogens is 2. The van der Waals surface area contributed by atoms with E-state index in [0.717, 1.165) is 0 Å². The molecule has 0 aliphatic rings. The van der Waals surface area contributed by atoms with Gasteiger partial charge in [-0.05, 0) is 42.5 Å². The van der Waals surface area contributed by atoms with Crippen molar-refractivity contribution >= 4 is 85.9 Å². The molecule has 0 N–H and O–H groups in total. The highest BCUT2D eigenvalue weighted by atomic mass is 32.1. The lowest BCUT2D eigenvalue weighted by Crippen LogP contribution is -1.96. The molecule has 3 aromatic heterocycles. The zero-order valence-electron chi connectivity index (χ0n) is 23.2. The predicted molar refractivity (Wildman–Crippen MR) is 186 cm³/mol. The second kappa shape index (κ2) is 8.57. The van der Waals surface area contributed by atoms with Crippen molar-refractivity contribution in [3.8, 4) is 11.4 Å². The maximum atomic E-state index is 2.48. The highest BCUT2D eigenvalue weighted by molar-refractivity contribution is 7.25. The number of para-hydroxylation sites is 3. The van der Waals surface area contributed by atoms with Crippen LogP contribution in [0, 0.1) is 0 Å². The minimum absolute atomic E-state index is 1.18. The van der Waals surface area contributed by atoms with Crippen molar-refractivity contribution < 1.29 is 0 Å². The number of benzene rings is 7. The van der Waals surface area contributed by atoms with E-state index in [0.29, 0.717) is 0 Å². The summed E-state index contributed by atoms with van der Waals surface area (Å²) >= 11 is 1.87. The molecular formula is C40H24N2S. The van der Waals surface area contributed by atoms with E-state index in [1.165, 1.54) is 85.9 Å². The van der Waals surface area contributed by atoms with Crippen molar-refractivity contribution in [2.24, 2.45) is 0 Å². The van der Waals surface area contributed by atoms with Crippen LogP contribution in [0.4, 0.5) is 0 Å². The monoisotopic (exact) mass is 564 g/mol. The SMILES string of the molecule is c1ccc(-n2c3ccccc3c3ccc4c(ccc5c6ccccc6n(-c6ccc7c(c6)sc6ccccc67)c54)c32)cc1. The van der Waals surface area contributed by atoms with Crippen LogP contribution >= 0.6 is 11.3 Å². The topological polar surface area (TPSA) is 9.86 Å². The van der Waals surface area contributed by atoms with Crippen molar-refractivity contribution in [2.45, 2.75) is 0 Å². The zero-order chi connectivity index (χ0) is 28.1. The van der Waals surface area contributed by atoms with E-state index in [1.54, 1.807) is 0 Å². The van der Waals surface area contributed by atoms with Gasteiger partial charge >= 0.3 is 0 Å². The summed E-state index contributed by atoms with van der Waals surface area (Å²) in [6.07, 6.45) is 0. The smallest absolute Gasteiger partial charge is 0.0620 e. The number of thiophene rings is 1. The fourth-order valence-corrected chi connectivity index (χ4v) is 8.43. The molecule has 43 heavy (non-hydrogen) atoms. The summed E-state index contributed by atoms with van der Waals surface area (Å²) in [5.74, 6) is 0. The Labute approximate surface area is 251 Å². The van der Waals surface area contributed by atoms with Gasteiger partial charge in [-0.1, -0.05) is 103 Å². The highest BCUT2D eigenvalue weighted by Crippen LogP contribution is 2.43. The fourth-order valence-electron chi connectivity index (χ4n) is 7.29. The van der Waals surface area contributed by atoms with Crippen molar-refractivity contribution in [1.82, 2.24) is 9.13 Å². The number of hydrogen-bond donors (Lipinski definition) is 0. The normalized spacial score (nSPS) is 12.2. The summed E-state index contributed by atoms with van der Waals surface area (Å²) in [6.45, 7) is 0. The second-order valence-corrected chi connectivity index (χ2v) is 12.4. The van der Waals surface area contributed by atoms with Gasteiger partial charge < -0.3 is 9.13 Å². The van der Waals surface area contributed by atoms with E-state index in [4.69, 9.17) is 0 Å². The van der Waals surface area contributed by atoms with Crippen LogP contribution in [0.3, 0.4) is 0 Å².